The van der Waals surface area contributed by atoms with Crippen molar-refractivity contribution < 1.29 is 9.84 Å². The minimum Gasteiger partial charge on any atom is -0.496 e. The van der Waals surface area contributed by atoms with Crippen molar-refractivity contribution in [1.82, 2.24) is 10.2 Å². The second kappa shape index (κ2) is 9.42. The Kier molecular flexibility index (Phi) is 8.27. The Labute approximate surface area is 153 Å². The zero-order valence-corrected chi connectivity index (χ0v) is 16.0. The maximum absolute atomic E-state index is 9.66. The van der Waals surface area contributed by atoms with Crippen LogP contribution in [-0.4, -0.2) is 48.8 Å². The van der Waals surface area contributed by atoms with Crippen LogP contribution in [0.3, 0.4) is 0 Å². The predicted molar refractivity (Wildman–Crippen MR) is 100 cm³/mol. The lowest BCUT2D eigenvalue weighted by molar-refractivity contribution is 0.188. The maximum atomic E-state index is 9.66. The van der Waals surface area contributed by atoms with Crippen molar-refractivity contribution in [3.8, 4) is 5.75 Å². The third kappa shape index (κ3) is 5.17. The van der Waals surface area contributed by atoms with E-state index in [1.165, 1.54) is 0 Å². The summed E-state index contributed by atoms with van der Waals surface area (Å²) < 4.78 is 5.33. The van der Waals surface area contributed by atoms with Crippen LogP contribution in [0.25, 0.3) is 0 Å². The fourth-order valence-corrected chi connectivity index (χ4v) is 2.53. The molecule has 124 valence electrons. The van der Waals surface area contributed by atoms with Crippen molar-refractivity contribution >= 4 is 41.5 Å². The van der Waals surface area contributed by atoms with Crippen molar-refractivity contribution in [3.05, 3.63) is 28.8 Å². The summed E-state index contributed by atoms with van der Waals surface area (Å²) in [5.74, 6) is 1.56. The smallest absolute Gasteiger partial charge is 0.194 e. The van der Waals surface area contributed by atoms with Gasteiger partial charge in [0.2, 0.25) is 0 Å². The van der Waals surface area contributed by atoms with Crippen LogP contribution in [0.1, 0.15) is 18.9 Å². The summed E-state index contributed by atoms with van der Waals surface area (Å²) in [4.78, 5) is 6.72. The highest BCUT2D eigenvalue weighted by Crippen LogP contribution is 2.23. The molecule has 5 nitrogen and oxygen atoms in total. The van der Waals surface area contributed by atoms with Gasteiger partial charge in [0.15, 0.2) is 5.96 Å². The van der Waals surface area contributed by atoms with Crippen LogP contribution in [0.5, 0.6) is 5.75 Å². The first-order chi connectivity index (χ1) is 10.1. The molecule has 1 saturated heterocycles. The Hall–Kier alpha value is -0.730. The van der Waals surface area contributed by atoms with E-state index in [0.717, 1.165) is 36.8 Å². The second-order valence-corrected chi connectivity index (χ2v) is 5.45. The topological polar surface area (TPSA) is 57.1 Å². The number of halogens is 2. The molecule has 1 aromatic carbocycles. The molecular formula is C15H23ClIN3O2. The third-order valence-electron chi connectivity index (χ3n) is 3.45. The molecule has 22 heavy (non-hydrogen) atoms. The molecule has 0 amide bonds. The summed E-state index contributed by atoms with van der Waals surface area (Å²) >= 11 is 5.96. The number of aliphatic hydroxyl groups is 1. The molecule has 1 aromatic rings. The lowest BCUT2D eigenvalue weighted by Crippen LogP contribution is -2.40. The van der Waals surface area contributed by atoms with Gasteiger partial charge in [0.05, 0.1) is 19.8 Å². The molecule has 1 heterocycles. The second-order valence-electron chi connectivity index (χ2n) is 5.01. The molecule has 1 aliphatic rings. The molecular weight excluding hydrogens is 417 g/mol. The number of aliphatic imine (C=N–C) groups is 1. The van der Waals surface area contributed by atoms with E-state index in [1.807, 2.05) is 19.1 Å². The van der Waals surface area contributed by atoms with Gasteiger partial charge in [-0.1, -0.05) is 17.7 Å². The number of methoxy groups -OCH3 is 1. The number of nitrogens with zero attached hydrogens (tertiary/aromatic N) is 2. The molecule has 1 fully saturated rings. The van der Waals surface area contributed by atoms with Crippen LogP contribution >= 0.6 is 35.6 Å². The van der Waals surface area contributed by atoms with E-state index in [2.05, 4.69) is 15.2 Å². The standard InChI is InChI=1S/C15H22ClN3O2.HI/c1-3-17-15(19-7-6-13(20)10-19)18-9-11-4-5-12(16)8-14(11)21-2;/h4-5,8,13,20H,3,6-7,9-10H2,1-2H3,(H,17,18);1H/t13-;/m1./s1. The maximum Gasteiger partial charge on any atom is 0.194 e. The minimum absolute atomic E-state index is 0. The number of hydrogen-bond acceptors (Lipinski definition) is 3. The van der Waals surface area contributed by atoms with Crippen LogP contribution in [0, 0.1) is 0 Å². The molecule has 2 N–H and O–H groups in total. The van der Waals surface area contributed by atoms with Gasteiger partial charge < -0.3 is 20.1 Å². The summed E-state index contributed by atoms with van der Waals surface area (Å²) in [6, 6.07) is 5.55. The van der Waals surface area contributed by atoms with Crippen LogP contribution in [0.4, 0.5) is 0 Å². The summed E-state index contributed by atoms with van der Waals surface area (Å²) in [5, 5.41) is 13.6. The molecule has 0 radical (unpaired) electrons. The van der Waals surface area contributed by atoms with Gasteiger partial charge in [-0.15, -0.1) is 24.0 Å². The first-order valence-electron chi connectivity index (χ1n) is 7.17. The number of nitrogens with one attached hydrogen (secondary N) is 1. The lowest BCUT2D eigenvalue weighted by atomic mass is 10.2. The normalized spacial score (nSPS) is 18.1. The van der Waals surface area contributed by atoms with E-state index in [1.54, 1.807) is 13.2 Å². The van der Waals surface area contributed by atoms with Crippen molar-refractivity contribution in [3.63, 3.8) is 0 Å². The Balaban J connectivity index is 0.00000242. The molecule has 1 atom stereocenters. The van der Waals surface area contributed by atoms with Crippen molar-refractivity contribution in [2.75, 3.05) is 26.7 Å². The monoisotopic (exact) mass is 439 g/mol. The lowest BCUT2D eigenvalue weighted by Gasteiger charge is -2.21. The molecule has 0 unspecified atom stereocenters. The van der Waals surface area contributed by atoms with Crippen LogP contribution in [-0.2, 0) is 6.54 Å². The number of guanidine groups is 1. The highest BCUT2D eigenvalue weighted by molar-refractivity contribution is 14.0. The van der Waals surface area contributed by atoms with E-state index in [4.69, 9.17) is 16.3 Å². The van der Waals surface area contributed by atoms with Gasteiger partial charge >= 0.3 is 0 Å². The molecule has 0 saturated carbocycles. The molecule has 0 bridgehead atoms. The van der Waals surface area contributed by atoms with Gasteiger partial charge in [-0.25, -0.2) is 4.99 Å². The first-order valence-corrected chi connectivity index (χ1v) is 7.55. The summed E-state index contributed by atoms with van der Waals surface area (Å²) in [6.45, 7) is 4.79. The fourth-order valence-electron chi connectivity index (χ4n) is 2.37. The molecule has 0 spiro atoms. The summed E-state index contributed by atoms with van der Waals surface area (Å²) in [7, 11) is 1.63. The molecule has 2 rings (SSSR count). The zero-order valence-electron chi connectivity index (χ0n) is 12.9. The highest BCUT2D eigenvalue weighted by atomic mass is 127. The first kappa shape index (κ1) is 19.3. The number of likely N-dealkylation sites (tertiary alicyclic amines) is 1. The SMILES string of the molecule is CCNC(=NCc1ccc(Cl)cc1OC)N1CC[C@@H](O)C1.I. The molecule has 1 aliphatic heterocycles. The van der Waals surface area contributed by atoms with Gasteiger partial charge in [0.25, 0.3) is 0 Å². The number of rotatable bonds is 4. The molecule has 0 aliphatic carbocycles. The van der Waals surface area contributed by atoms with Crippen molar-refractivity contribution in [2.24, 2.45) is 4.99 Å². The largest absolute Gasteiger partial charge is 0.496 e. The third-order valence-corrected chi connectivity index (χ3v) is 3.68. The fraction of sp³-hybridized carbons (Fsp3) is 0.533. The quantitative estimate of drug-likeness (QED) is 0.430. The van der Waals surface area contributed by atoms with Crippen LogP contribution in [0.15, 0.2) is 23.2 Å². The number of benzene rings is 1. The minimum atomic E-state index is -0.265. The molecule has 0 aromatic heterocycles. The van der Waals surface area contributed by atoms with Gasteiger partial charge in [-0.05, 0) is 25.5 Å². The van der Waals surface area contributed by atoms with E-state index in [-0.39, 0.29) is 30.1 Å². The Morgan fingerprint density at radius 1 is 1.55 bits per heavy atom. The average molecular weight is 440 g/mol. The number of hydrogen-bond donors (Lipinski definition) is 2. The number of β-amino-alcohol motifs (C(OH)–C–C–N with tert-alkyl or cyclic N) is 1. The highest BCUT2D eigenvalue weighted by Gasteiger charge is 2.22. The van der Waals surface area contributed by atoms with Crippen LogP contribution in [0.2, 0.25) is 5.02 Å². The zero-order chi connectivity index (χ0) is 15.2. The predicted octanol–water partition coefficient (Wildman–Crippen LogP) is 2.50. The molecule has 7 heteroatoms. The number of ether oxygens (including phenoxy) is 1. The van der Waals surface area contributed by atoms with Gasteiger partial charge in [0.1, 0.15) is 5.75 Å². The van der Waals surface area contributed by atoms with E-state index < -0.39 is 0 Å². The van der Waals surface area contributed by atoms with Crippen molar-refractivity contribution in [2.45, 2.75) is 26.0 Å². The van der Waals surface area contributed by atoms with Crippen LogP contribution < -0.4 is 10.1 Å². The van der Waals surface area contributed by atoms with Crippen molar-refractivity contribution in [1.29, 1.82) is 0 Å². The van der Waals surface area contributed by atoms with E-state index in [9.17, 15) is 5.11 Å². The van der Waals surface area contributed by atoms with Gasteiger partial charge in [-0.3, -0.25) is 0 Å². The van der Waals surface area contributed by atoms with E-state index >= 15 is 0 Å². The summed E-state index contributed by atoms with van der Waals surface area (Å²) in [5.41, 5.74) is 0.983. The number of aliphatic hydroxyl groups excluding tert-OH is 1. The Bertz CT molecular complexity index is 514. The Morgan fingerprint density at radius 3 is 2.91 bits per heavy atom. The average Bonchev–Trinajstić information content (AvgIpc) is 2.90. The van der Waals surface area contributed by atoms with Gasteiger partial charge in [-0.2, -0.15) is 0 Å². The van der Waals surface area contributed by atoms with E-state index in [0.29, 0.717) is 18.1 Å². The summed E-state index contributed by atoms with van der Waals surface area (Å²) in [6.07, 6.45) is 0.522. The Morgan fingerprint density at radius 2 is 2.32 bits per heavy atom. The van der Waals surface area contributed by atoms with Gasteiger partial charge in [0, 0.05) is 30.2 Å².